The van der Waals surface area contributed by atoms with Crippen molar-refractivity contribution in [3.8, 4) is 0 Å². The Morgan fingerprint density at radius 2 is 2.00 bits per heavy atom. The number of carbonyl (C=O) groups is 2. The van der Waals surface area contributed by atoms with E-state index < -0.39 is 29.7 Å². The molecule has 0 aliphatic rings. The summed E-state index contributed by atoms with van der Waals surface area (Å²) in [5.41, 5.74) is -1.12. The molecule has 1 heterocycles. The van der Waals surface area contributed by atoms with E-state index in [-0.39, 0.29) is 11.4 Å². The Balaban J connectivity index is 2.13. The fraction of sp³-hybridized carbons (Fsp3) is 0.214. The van der Waals surface area contributed by atoms with Crippen molar-refractivity contribution in [1.82, 2.24) is 9.78 Å². The first-order chi connectivity index (χ1) is 10.7. The van der Waals surface area contributed by atoms with Crippen LogP contribution >= 0.6 is 0 Å². The predicted molar refractivity (Wildman–Crippen MR) is 74.0 cm³/mol. The number of hydrogen-bond donors (Lipinski definition) is 2. The summed E-state index contributed by atoms with van der Waals surface area (Å²) in [6.45, 7) is 1.45. The number of halogens is 3. The van der Waals surface area contributed by atoms with Gasteiger partial charge in [0.25, 0.3) is 0 Å². The van der Waals surface area contributed by atoms with Crippen molar-refractivity contribution in [1.29, 1.82) is 0 Å². The molecule has 6 nitrogen and oxygen atoms in total. The highest BCUT2D eigenvalue weighted by atomic mass is 19.4. The van der Waals surface area contributed by atoms with E-state index in [4.69, 9.17) is 5.11 Å². The molecule has 0 saturated heterocycles. The summed E-state index contributed by atoms with van der Waals surface area (Å²) in [6.07, 6.45) is -3.20. The second-order valence-electron chi connectivity index (χ2n) is 4.73. The predicted octanol–water partition coefficient (Wildman–Crippen LogP) is 2.80. The van der Waals surface area contributed by atoms with Gasteiger partial charge in [0.05, 0.1) is 5.56 Å². The van der Waals surface area contributed by atoms with Crippen molar-refractivity contribution >= 4 is 17.6 Å². The average Bonchev–Trinajstić information content (AvgIpc) is 2.95. The first kappa shape index (κ1) is 16.5. The molecule has 1 aromatic heterocycles. The molecule has 0 aliphatic carbocycles. The zero-order valence-corrected chi connectivity index (χ0v) is 11.8. The van der Waals surface area contributed by atoms with E-state index in [9.17, 15) is 22.8 Å². The van der Waals surface area contributed by atoms with E-state index in [1.54, 1.807) is 0 Å². The summed E-state index contributed by atoms with van der Waals surface area (Å²) < 4.78 is 39.0. The Kier molecular flexibility index (Phi) is 4.39. The third-order valence-corrected chi connectivity index (χ3v) is 3.06. The molecular weight excluding hydrogens is 315 g/mol. The van der Waals surface area contributed by atoms with Gasteiger partial charge >= 0.3 is 12.1 Å². The van der Waals surface area contributed by atoms with Gasteiger partial charge < -0.3 is 10.4 Å². The highest BCUT2D eigenvalue weighted by molar-refractivity contribution is 5.93. The van der Waals surface area contributed by atoms with Crippen LogP contribution in [0, 0.1) is 0 Å². The molecule has 0 spiro atoms. The van der Waals surface area contributed by atoms with Crippen LogP contribution in [0.3, 0.4) is 0 Å². The van der Waals surface area contributed by atoms with E-state index in [2.05, 4.69) is 10.4 Å². The minimum Gasteiger partial charge on any atom is -0.476 e. The molecule has 0 fully saturated rings. The Morgan fingerprint density at radius 3 is 2.57 bits per heavy atom. The molecule has 0 bridgehead atoms. The number of carboxylic acid groups (broad SMARTS) is 1. The molecule has 23 heavy (non-hydrogen) atoms. The number of rotatable bonds is 4. The number of aromatic carboxylic acids is 1. The van der Waals surface area contributed by atoms with Crippen molar-refractivity contribution < 1.29 is 27.9 Å². The van der Waals surface area contributed by atoms with E-state index >= 15 is 0 Å². The van der Waals surface area contributed by atoms with Gasteiger partial charge in [0, 0.05) is 11.9 Å². The summed E-state index contributed by atoms with van der Waals surface area (Å²) in [5, 5.41) is 14.8. The number of aromatic nitrogens is 2. The third-order valence-electron chi connectivity index (χ3n) is 3.06. The molecule has 0 saturated carbocycles. The molecule has 1 unspecified atom stereocenters. The minimum absolute atomic E-state index is 0.0118. The number of benzene rings is 1. The molecule has 2 rings (SSSR count). The number of alkyl halides is 3. The standard InChI is InChI=1S/C14H12F3N3O3/c1-8(20-6-5-11(19-20)13(22)23)12(21)18-10-4-2-3-9(7-10)14(15,16)17/h2-8H,1H3,(H,18,21)(H,22,23). The van der Waals surface area contributed by atoms with Crippen LogP contribution in [-0.4, -0.2) is 26.8 Å². The maximum absolute atomic E-state index is 12.6. The van der Waals surface area contributed by atoms with Crippen LogP contribution in [0.4, 0.5) is 18.9 Å². The van der Waals surface area contributed by atoms with Gasteiger partial charge in [0.2, 0.25) is 5.91 Å². The van der Waals surface area contributed by atoms with Crippen LogP contribution in [-0.2, 0) is 11.0 Å². The average molecular weight is 327 g/mol. The van der Waals surface area contributed by atoms with Gasteiger partial charge in [-0.15, -0.1) is 0 Å². The molecule has 9 heteroatoms. The van der Waals surface area contributed by atoms with E-state index in [1.807, 2.05) is 0 Å². The van der Waals surface area contributed by atoms with Crippen LogP contribution in [0.25, 0.3) is 0 Å². The smallest absolute Gasteiger partial charge is 0.416 e. The normalized spacial score (nSPS) is 12.7. The zero-order valence-electron chi connectivity index (χ0n) is 11.8. The number of amides is 1. The van der Waals surface area contributed by atoms with Gasteiger partial charge in [-0.05, 0) is 31.2 Å². The molecule has 2 aromatic rings. The van der Waals surface area contributed by atoms with Crippen molar-refractivity contribution in [3.63, 3.8) is 0 Å². The third kappa shape index (κ3) is 3.87. The van der Waals surface area contributed by atoms with Crippen molar-refractivity contribution in [2.75, 3.05) is 5.32 Å². The first-order valence-electron chi connectivity index (χ1n) is 6.45. The molecule has 122 valence electrons. The van der Waals surface area contributed by atoms with Gasteiger partial charge in [-0.3, -0.25) is 9.48 Å². The van der Waals surface area contributed by atoms with Gasteiger partial charge in [-0.2, -0.15) is 18.3 Å². The zero-order chi connectivity index (χ0) is 17.2. The van der Waals surface area contributed by atoms with Crippen molar-refractivity contribution in [2.45, 2.75) is 19.1 Å². The van der Waals surface area contributed by atoms with Crippen LogP contribution in [0.5, 0.6) is 0 Å². The molecule has 2 N–H and O–H groups in total. The van der Waals surface area contributed by atoms with Gasteiger partial charge in [0.1, 0.15) is 6.04 Å². The topological polar surface area (TPSA) is 84.2 Å². The number of nitrogens with one attached hydrogen (secondary N) is 1. The fourth-order valence-electron chi connectivity index (χ4n) is 1.81. The van der Waals surface area contributed by atoms with E-state index in [0.29, 0.717) is 0 Å². The first-order valence-corrected chi connectivity index (χ1v) is 6.45. The van der Waals surface area contributed by atoms with Crippen LogP contribution in [0.1, 0.15) is 29.0 Å². The van der Waals surface area contributed by atoms with E-state index in [1.165, 1.54) is 31.3 Å². The lowest BCUT2D eigenvalue weighted by Gasteiger charge is -2.14. The molecular formula is C14H12F3N3O3. The highest BCUT2D eigenvalue weighted by Gasteiger charge is 2.30. The molecule has 0 radical (unpaired) electrons. The summed E-state index contributed by atoms with van der Waals surface area (Å²) in [6, 6.07) is 4.54. The minimum atomic E-state index is -4.51. The SMILES string of the molecule is CC(C(=O)Nc1cccc(C(F)(F)F)c1)n1ccc(C(=O)O)n1. The molecule has 1 amide bonds. The summed E-state index contributed by atoms with van der Waals surface area (Å²) in [5.74, 6) is -1.86. The van der Waals surface area contributed by atoms with Crippen LogP contribution < -0.4 is 5.32 Å². The van der Waals surface area contributed by atoms with Crippen molar-refractivity contribution in [2.24, 2.45) is 0 Å². The fourth-order valence-corrected chi connectivity index (χ4v) is 1.81. The lowest BCUT2D eigenvalue weighted by atomic mass is 10.2. The van der Waals surface area contributed by atoms with Gasteiger partial charge in [-0.25, -0.2) is 4.79 Å². The number of carboxylic acids is 1. The van der Waals surface area contributed by atoms with E-state index in [0.717, 1.165) is 16.8 Å². The maximum Gasteiger partial charge on any atom is 0.416 e. The highest BCUT2D eigenvalue weighted by Crippen LogP contribution is 2.30. The number of anilines is 1. The number of nitrogens with zero attached hydrogens (tertiary/aromatic N) is 2. The van der Waals surface area contributed by atoms with Crippen LogP contribution in [0.15, 0.2) is 36.5 Å². The molecule has 0 aliphatic heterocycles. The van der Waals surface area contributed by atoms with Gasteiger partial charge in [-0.1, -0.05) is 6.07 Å². The van der Waals surface area contributed by atoms with Crippen molar-refractivity contribution in [3.05, 3.63) is 47.8 Å². The second-order valence-corrected chi connectivity index (χ2v) is 4.73. The maximum atomic E-state index is 12.6. The molecule has 1 atom stereocenters. The van der Waals surface area contributed by atoms with Gasteiger partial charge in [0.15, 0.2) is 5.69 Å². The number of hydrogen-bond acceptors (Lipinski definition) is 3. The quantitative estimate of drug-likeness (QED) is 0.904. The number of carbonyl (C=O) groups excluding carboxylic acids is 1. The summed E-state index contributed by atoms with van der Waals surface area (Å²) in [7, 11) is 0. The Hall–Kier alpha value is -2.84. The van der Waals surface area contributed by atoms with Crippen LogP contribution in [0.2, 0.25) is 0 Å². The summed E-state index contributed by atoms with van der Waals surface area (Å²) >= 11 is 0. The monoisotopic (exact) mass is 327 g/mol. The Bertz CT molecular complexity index is 740. The largest absolute Gasteiger partial charge is 0.476 e. The lowest BCUT2D eigenvalue weighted by molar-refractivity contribution is -0.137. The summed E-state index contributed by atoms with van der Waals surface area (Å²) in [4.78, 5) is 22.8. The Morgan fingerprint density at radius 1 is 1.30 bits per heavy atom. The lowest BCUT2D eigenvalue weighted by Crippen LogP contribution is -2.24. The molecule has 1 aromatic carbocycles. The Labute approximate surface area is 128 Å². The second kappa shape index (κ2) is 6.11.